The van der Waals surface area contributed by atoms with E-state index in [1.807, 2.05) is 11.3 Å². The average molecular weight is 341 g/mol. The van der Waals surface area contributed by atoms with E-state index in [0.717, 1.165) is 0 Å². The van der Waals surface area contributed by atoms with Gasteiger partial charge in [0.1, 0.15) is 0 Å². The van der Waals surface area contributed by atoms with Crippen LogP contribution >= 0.6 is 22.7 Å². The van der Waals surface area contributed by atoms with Crippen LogP contribution in [0.2, 0.25) is 14.8 Å². The zero-order valence-electron chi connectivity index (χ0n) is 9.26. The number of hydrogen-bond acceptors (Lipinski definition) is 2. The molecule has 0 unspecified atom stereocenters. The predicted molar refractivity (Wildman–Crippen MR) is 73.4 cm³/mol. The molecule has 1 aliphatic rings. The SMILES string of the molecule is [CH3][Sn]([CH3])([CH3])[c]1cc2c(s1)-c1sccc1C2. The van der Waals surface area contributed by atoms with E-state index in [-0.39, 0.29) is 0 Å². The molecule has 78 valence electrons. The van der Waals surface area contributed by atoms with Crippen molar-refractivity contribution < 1.29 is 0 Å². The van der Waals surface area contributed by atoms with Gasteiger partial charge in [-0.3, -0.25) is 0 Å². The summed E-state index contributed by atoms with van der Waals surface area (Å²) in [6.07, 6.45) is 1.19. The van der Waals surface area contributed by atoms with E-state index in [0.29, 0.717) is 0 Å². The van der Waals surface area contributed by atoms with E-state index in [1.165, 1.54) is 6.42 Å². The second-order valence-electron chi connectivity index (χ2n) is 5.17. The first-order valence-electron chi connectivity index (χ1n) is 5.25. The molecular weight excluding hydrogens is 327 g/mol. The first-order valence-corrected chi connectivity index (χ1v) is 16.9. The van der Waals surface area contributed by atoms with E-state index < -0.39 is 18.4 Å². The Morgan fingerprint density at radius 3 is 2.67 bits per heavy atom. The molecule has 0 N–H and O–H groups in total. The Kier molecular flexibility index (Phi) is 2.31. The molecule has 0 saturated carbocycles. The van der Waals surface area contributed by atoms with Crippen LogP contribution in [0, 0.1) is 0 Å². The minimum atomic E-state index is -1.82. The van der Waals surface area contributed by atoms with Crippen molar-refractivity contribution in [3.05, 3.63) is 28.6 Å². The summed E-state index contributed by atoms with van der Waals surface area (Å²) in [6.45, 7) is 0. The van der Waals surface area contributed by atoms with Crippen molar-refractivity contribution in [1.29, 1.82) is 0 Å². The standard InChI is InChI=1S/C9H5S2.3CH3.Sn/c1-3-10-8-6(1)5-7-2-4-11-9(7)8;;;;/h1-3H,5H2;3*1H3;. The second kappa shape index (κ2) is 3.34. The molecular formula is C12H14S2Sn. The Labute approximate surface area is 103 Å². The first kappa shape index (κ1) is 10.4. The van der Waals surface area contributed by atoms with Crippen LogP contribution in [0.3, 0.4) is 0 Å². The molecule has 0 saturated heterocycles. The third-order valence-corrected chi connectivity index (χ3v) is 14.6. The average Bonchev–Trinajstić information content (AvgIpc) is 2.68. The zero-order chi connectivity index (χ0) is 10.6. The third-order valence-electron chi connectivity index (χ3n) is 2.88. The molecule has 15 heavy (non-hydrogen) atoms. The van der Waals surface area contributed by atoms with Crippen molar-refractivity contribution in [2.24, 2.45) is 0 Å². The predicted octanol–water partition coefficient (Wildman–Crippen LogP) is 3.93. The Morgan fingerprint density at radius 2 is 1.93 bits per heavy atom. The molecule has 1 aliphatic carbocycles. The van der Waals surface area contributed by atoms with Crippen molar-refractivity contribution >= 4 is 43.9 Å². The first-order chi connectivity index (χ1) is 7.05. The number of thiophene rings is 2. The van der Waals surface area contributed by atoms with Gasteiger partial charge in [0.2, 0.25) is 0 Å². The van der Waals surface area contributed by atoms with E-state index >= 15 is 0 Å². The Hall–Kier alpha value is 0.199. The van der Waals surface area contributed by atoms with Crippen molar-refractivity contribution in [3.63, 3.8) is 0 Å². The summed E-state index contributed by atoms with van der Waals surface area (Å²) in [5.74, 6) is 0. The van der Waals surface area contributed by atoms with Crippen LogP contribution in [0.5, 0.6) is 0 Å². The van der Waals surface area contributed by atoms with Gasteiger partial charge in [-0.15, -0.1) is 0 Å². The fourth-order valence-corrected chi connectivity index (χ4v) is 9.61. The Bertz CT molecular complexity index is 514. The fraction of sp³-hybridized carbons (Fsp3) is 0.333. The molecule has 0 spiro atoms. The van der Waals surface area contributed by atoms with Gasteiger partial charge in [0, 0.05) is 0 Å². The third kappa shape index (κ3) is 1.61. The summed E-state index contributed by atoms with van der Waals surface area (Å²) in [4.78, 5) is 10.7. The molecule has 0 aliphatic heterocycles. The quantitative estimate of drug-likeness (QED) is 0.589. The summed E-state index contributed by atoms with van der Waals surface area (Å²) in [6, 6.07) is 4.79. The van der Waals surface area contributed by atoms with Gasteiger partial charge in [-0.25, -0.2) is 0 Å². The van der Waals surface area contributed by atoms with E-state index in [1.54, 1.807) is 23.8 Å². The Morgan fingerprint density at radius 1 is 1.13 bits per heavy atom. The van der Waals surface area contributed by atoms with Gasteiger partial charge >= 0.3 is 104 Å². The maximum atomic E-state index is 2.50. The van der Waals surface area contributed by atoms with E-state index in [2.05, 4.69) is 43.7 Å². The normalized spacial score (nSPS) is 14.1. The Balaban J connectivity index is 2.14. The van der Waals surface area contributed by atoms with Crippen molar-refractivity contribution in [2.45, 2.75) is 21.2 Å². The summed E-state index contributed by atoms with van der Waals surface area (Å²) in [7, 11) is 0. The zero-order valence-corrected chi connectivity index (χ0v) is 13.7. The fourth-order valence-electron chi connectivity index (χ4n) is 2.00. The van der Waals surface area contributed by atoms with E-state index in [4.69, 9.17) is 0 Å². The molecule has 3 heteroatoms. The maximum absolute atomic E-state index is 2.50. The second-order valence-corrected chi connectivity index (χ2v) is 22.6. The van der Waals surface area contributed by atoms with Gasteiger partial charge in [-0.2, -0.15) is 0 Å². The van der Waals surface area contributed by atoms with Gasteiger partial charge in [0.25, 0.3) is 0 Å². The van der Waals surface area contributed by atoms with Crippen LogP contribution in [-0.4, -0.2) is 18.4 Å². The van der Waals surface area contributed by atoms with Gasteiger partial charge in [-0.1, -0.05) is 0 Å². The van der Waals surface area contributed by atoms with E-state index in [9.17, 15) is 0 Å². The molecule has 0 aromatic carbocycles. The molecule has 2 heterocycles. The van der Waals surface area contributed by atoms with Crippen LogP contribution in [0.1, 0.15) is 11.1 Å². The molecule has 0 nitrogen and oxygen atoms in total. The molecule has 3 rings (SSSR count). The minimum absolute atomic E-state index is 1.19. The number of hydrogen-bond donors (Lipinski definition) is 0. The van der Waals surface area contributed by atoms with Gasteiger partial charge < -0.3 is 0 Å². The molecule has 0 bridgehead atoms. The summed E-state index contributed by atoms with van der Waals surface area (Å²) in [5, 5.41) is 2.23. The summed E-state index contributed by atoms with van der Waals surface area (Å²) >= 11 is 2.17. The summed E-state index contributed by atoms with van der Waals surface area (Å²) < 4.78 is 1.73. The number of fused-ring (bicyclic) bond motifs is 3. The molecule has 2 aromatic heterocycles. The van der Waals surface area contributed by atoms with Crippen molar-refractivity contribution in [3.8, 4) is 9.75 Å². The van der Waals surface area contributed by atoms with Crippen LogP contribution in [0.25, 0.3) is 9.75 Å². The van der Waals surface area contributed by atoms with Crippen LogP contribution in [0.15, 0.2) is 17.5 Å². The number of rotatable bonds is 1. The van der Waals surface area contributed by atoms with Crippen LogP contribution in [-0.2, 0) is 6.42 Å². The van der Waals surface area contributed by atoms with Gasteiger partial charge in [-0.05, 0) is 0 Å². The molecule has 0 atom stereocenters. The van der Waals surface area contributed by atoms with Gasteiger partial charge in [0.15, 0.2) is 0 Å². The van der Waals surface area contributed by atoms with Crippen LogP contribution in [0.4, 0.5) is 0 Å². The molecule has 2 aromatic rings. The molecule has 0 fully saturated rings. The van der Waals surface area contributed by atoms with Crippen LogP contribution < -0.4 is 2.89 Å². The van der Waals surface area contributed by atoms with Crippen molar-refractivity contribution in [1.82, 2.24) is 0 Å². The topological polar surface area (TPSA) is 0 Å². The monoisotopic (exact) mass is 342 g/mol. The van der Waals surface area contributed by atoms with Crippen molar-refractivity contribution in [2.75, 3.05) is 0 Å². The summed E-state index contributed by atoms with van der Waals surface area (Å²) in [5.41, 5.74) is 3.15. The molecule has 0 radical (unpaired) electrons. The van der Waals surface area contributed by atoms with Gasteiger partial charge in [0.05, 0.1) is 0 Å². The molecule has 0 amide bonds.